The molecule has 0 aliphatic carbocycles. The molecule has 4 aromatic carbocycles. The van der Waals surface area contributed by atoms with E-state index in [0.717, 1.165) is 27.6 Å². The second-order valence-electron chi connectivity index (χ2n) is 9.26. The Kier molecular flexibility index (Phi) is 7.66. The highest BCUT2D eigenvalue weighted by atomic mass is 35.5. The van der Waals surface area contributed by atoms with Crippen LogP contribution in [0.15, 0.2) is 101 Å². The predicted octanol–water partition coefficient (Wildman–Crippen LogP) is 7.07. The number of hydrogen-bond donors (Lipinski definition) is 2. The summed E-state index contributed by atoms with van der Waals surface area (Å²) in [5.41, 5.74) is 4.93. The number of carboxylic acids is 1. The van der Waals surface area contributed by atoms with Crippen molar-refractivity contribution in [1.29, 1.82) is 0 Å². The van der Waals surface area contributed by atoms with Crippen molar-refractivity contribution >= 4 is 34.4 Å². The minimum absolute atomic E-state index is 0.0918. The molecule has 0 aliphatic rings. The largest absolute Gasteiger partial charge is 0.489 e. The molecular formula is C32H26ClNO5. The molecule has 0 saturated heterocycles. The van der Waals surface area contributed by atoms with Gasteiger partial charge < -0.3 is 19.6 Å². The van der Waals surface area contributed by atoms with Crippen molar-refractivity contribution in [3.8, 4) is 16.9 Å². The van der Waals surface area contributed by atoms with Crippen LogP contribution in [0.3, 0.4) is 0 Å². The number of rotatable bonds is 9. The van der Waals surface area contributed by atoms with Crippen LogP contribution in [0, 0.1) is 6.92 Å². The van der Waals surface area contributed by atoms with Crippen molar-refractivity contribution in [2.45, 2.75) is 26.0 Å². The standard InChI is InChI=1S/C32H26ClNO5/c1-20-27-18-24(23-9-12-25(33)13-10-23)11-16-29(27)39-30(20)31(35)34-28(32(36)37)17-21-7-14-26(15-8-21)38-19-22-5-3-2-4-6-22/h2-16,18,28H,17,19H2,1H3,(H,34,35)(H,36,37)/t28-/m0/s1. The number of benzene rings is 4. The molecule has 1 heterocycles. The van der Waals surface area contributed by atoms with E-state index < -0.39 is 17.9 Å². The van der Waals surface area contributed by atoms with E-state index in [2.05, 4.69) is 5.32 Å². The van der Waals surface area contributed by atoms with Crippen molar-refractivity contribution in [3.05, 3.63) is 125 Å². The zero-order chi connectivity index (χ0) is 27.4. The predicted molar refractivity (Wildman–Crippen MR) is 151 cm³/mol. The van der Waals surface area contributed by atoms with E-state index >= 15 is 0 Å². The topological polar surface area (TPSA) is 88.8 Å². The summed E-state index contributed by atoms with van der Waals surface area (Å²) in [6, 6.07) is 29.0. The van der Waals surface area contributed by atoms with Crippen molar-refractivity contribution in [2.75, 3.05) is 0 Å². The van der Waals surface area contributed by atoms with Gasteiger partial charge in [0.2, 0.25) is 0 Å². The lowest BCUT2D eigenvalue weighted by molar-refractivity contribution is -0.139. The molecule has 1 atom stereocenters. The number of halogens is 1. The first-order valence-corrected chi connectivity index (χ1v) is 12.8. The molecule has 39 heavy (non-hydrogen) atoms. The second-order valence-corrected chi connectivity index (χ2v) is 9.70. The van der Waals surface area contributed by atoms with Gasteiger partial charge in [-0.3, -0.25) is 4.79 Å². The van der Waals surface area contributed by atoms with Crippen LogP contribution < -0.4 is 10.1 Å². The summed E-state index contributed by atoms with van der Waals surface area (Å²) in [5.74, 6) is -0.943. The van der Waals surface area contributed by atoms with Gasteiger partial charge in [-0.2, -0.15) is 0 Å². The molecule has 1 aromatic heterocycles. The number of furan rings is 1. The maximum atomic E-state index is 13.1. The van der Waals surface area contributed by atoms with E-state index in [9.17, 15) is 14.7 Å². The first kappa shape index (κ1) is 26.1. The van der Waals surface area contributed by atoms with Gasteiger partial charge >= 0.3 is 5.97 Å². The van der Waals surface area contributed by atoms with Crippen LogP contribution in [-0.4, -0.2) is 23.0 Å². The van der Waals surface area contributed by atoms with E-state index in [-0.39, 0.29) is 12.2 Å². The molecule has 1 amide bonds. The highest BCUT2D eigenvalue weighted by Crippen LogP contribution is 2.31. The van der Waals surface area contributed by atoms with E-state index in [4.69, 9.17) is 20.8 Å². The second kappa shape index (κ2) is 11.5. The average molecular weight is 540 g/mol. The Balaban J connectivity index is 1.27. The summed E-state index contributed by atoms with van der Waals surface area (Å²) < 4.78 is 11.6. The molecule has 7 heteroatoms. The molecule has 0 saturated carbocycles. The molecule has 2 N–H and O–H groups in total. The summed E-state index contributed by atoms with van der Waals surface area (Å²) in [5, 5.41) is 13.9. The van der Waals surface area contributed by atoms with Gasteiger partial charge in [-0.25, -0.2) is 4.79 Å². The number of ether oxygens (including phenoxy) is 1. The molecular weight excluding hydrogens is 514 g/mol. The number of amides is 1. The van der Waals surface area contributed by atoms with Gasteiger partial charge in [0.05, 0.1) is 0 Å². The van der Waals surface area contributed by atoms with Gasteiger partial charge in [0.25, 0.3) is 5.91 Å². The fourth-order valence-electron chi connectivity index (χ4n) is 4.38. The number of aryl methyl sites for hydroxylation is 1. The minimum Gasteiger partial charge on any atom is -0.489 e. The average Bonchev–Trinajstić information content (AvgIpc) is 3.29. The Hall–Kier alpha value is -4.55. The lowest BCUT2D eigenvalue weighted by Crippen LogP contribution is -2.42. The first-order valence-electron chi connectivity index (χ1n) is 12.5. The number of aliphatic carboxylic acids is 1. The summed E-state index contributed by atoms with van der Waals surface area (Å²) in [4.78, 5) is 25.1. The van der Waals surface area contributed by atoms with Gasteiger partial charge in [0.1, 0.15) is 24.0 Å². The lowest BCUT2D eigenvalue weighted by Gasteiger charge is -2.14. The number of carbonyl (C=O) groups excluding carboxylic acids is 1. The number of carbonyl (C=O) groups is 2. The van der Waals surface area contributed by atoms with Crippen molar-refractivity contribution < 1.29 is 23.8 Å². The fourth-order valence-corrected chi connectivity index (χ4v) is 4.51. The molecule has 0 aliphatic heterocycles. The van der Waals surface area contributed by atoms with E-state index in [1.807, 2.05) is 66.7 Å². The Morgan fingerprint density at radius 1 is 0.897 bits per heavy atom. The maximum absolute atomic E-state index is 13.1. The fraction of sp³-hybridized carbons (Fsp3) is 0.125. The quantitative estimate of drug-likeness (QED) is 0.209. The highest BCUT2D eigenvalue weighted by Gasteiger charge is 2.25. The molecule has 0 spiro atoms. The van der Waals surface area contributed by atoms with Crippen molar-refractivity contribution in [2.24, 2.45) is 0 Å². The number of carboxylic acid groups (broad SMARTS) is 1. The SMILES string of the molecule is Cc1c(C(=O)N[C@@H](Cc2ccc(OCc3ccccc3)cc2)C(=O)O)oc2ccc(-c3ccc(Cl)cc3)cc12. The van der Waals surface area contributed by atoms with Gasteiger partial charge in [-0.15, -0.1) is 0 Å². The monoisotopic (exact) mass is 539 g/mol. The molecule has 6 nitrogen and oxygen atoms in total. The summed E-state index contributed by atoms with van der Waals surface area (Å²) in [7, 11) is 0. The highest BCUT2D eigenvalue weighted by molar-refractivity contribution is 6.30. The number of fused-ring (bicyclic) bond motifs is 1. The van der Waals surface area contributed by atoms with Crippen LogP contribution in [-0.2, 0) is 17.8 Å². The summed E-state index contributed by atoms with van der Waals surface area (Å²) in [6.45, 7) is 2.22. The van der Waals surface area contributed by atoms with E-state index in [1.165, 1.54) is 0 Å². The van der Waals surface area contributed by atoms with Crippen LogP contribution in [0.2, 0.25) is 5.02 Å². The van der Waals surface area contributed by atoms with Crippen molar-refractivity contribution in [1.82, 2.24) is 5.32 Å². The Bertz CT molecular complexity index is 1610. The number of hydrogen-bond acceptors (Lipinski definition) is 4. The normalized spacial score (nSPS) is 11.7. The molecule has 0 fully saturated rings. The van der Waals surface area contributed by atoms with Crippen LogP contribution in [0.25, 0.3) is 22.1 Å². The van der Waals surface area contributed by atoms with Gasteiger partial charge in [0, 0.05) is 22.4 Å². The van der Waals surface area contributed by atoms with Crippen molar-refractivity contribution in [3.63, 3.8) is 0 Å². The third-order valence-corrected chi connectivity index (χ3v) is 6.79. The Labute approximate surface area is 230 Å². The molecule has 5 aromatic rings. The summed E-state index contributed by atoms with van der Waals surface area (Å²) >= 11 is 6.01. The van der Waals surface area contributed by atoms with E-state index in [0.29, 0.717) is 28.5 Å². The summed E-state index contributed by atoms with van der Waals surface area (Å²) in [6.07, 6.45) is 0.111. The molecule has 0 bridgehead atoms. The molecule has 196 valence electrons. The molecule has 5 rings (SSSR count). The van der Waals surface area contributed by atoms with E-state index in [1.54, 1.807) is 37.3 Å². The van der Waals surface area contributed by atoms with Crippen LogP contribution in [0.1, 0.15) is 27.2 Å². The van der Waals surface area contributed by atoms with Crippen LogP contribution in [0.5, 0.6) is 5.75 Å². The maximum Gasteiger partial charge on any atom is 0.326 e. The Morgan fingerprint density at radius 3 is 2.28 bits per heavy atom. The molecule has 0 unspecified atom stereocenters. The zero-order valence-electron chi connectivity index (χ0n) is 21.2. The van der Waals surface area contributed by atoms with Gasteiger partial charge in [-0.05, 0) is 65.6 Å². The Morgan fingerprint density at radius 2 is 1.59 bits per heavy atom. The first-order chi connectivity index (χ1) is 18.9. The third kappa shape index (κ3) is 6.13. The molecule has 0 radical (unpaired) electrons. The van der Waals surface area contributed by atoms with Crippen LogP contribution >= 0.6 is 11.6 Å². The minimum atomic E-state index is -1.13. The number of nitrogens with one attached hydrogen (secondary N) is 1. The smallest absolute Gasteiger partial charge is 0.326 e. The van der Waals surface area contributed by atoms with Gasteiger partial charge in [-0.1, -0.05) is 72.3 Å². The van der Waals surface area contributed by atoms with Crippen LogP contribution in [0.4, 0.5) is 0 Å². The lowest BCUT2D eigenvalue weighted by atomic mass is 10.0. The third-order valence-electron chi connectivity index (χ3n) is 6.53. The van der Waals surface area contributed by atoms with Gasteiger partial charge in [0.15, 0.2) is 5.76 Å². The zero-order valence-corrected chi connectivity index (χ0v) is 21.9.